The molecule has 0 aliphatic rings. The fraction of sp³-hybridized carbons (Fsp3) is 0.200. The lowest BCUT2D eigenvalue weighted by molar-refractivity contribution is -0.136. The summed E-state index contributed by atoms with van der Waals surface area (Å²) in [5.41, 5.74) is 1.21. The Morgan fingerprint density at radius 3 is 3.00 bits per heavy atom. The Morgan fingerprint density at radius 1 is 1.60 bits per heavy atom. The van der Waals surface area contributed by atoms with E-state index >= 15 is 0 Å². The van der Waals surface area contributed by atoms with Crippen molar-refractivity contribution in [2.24, 2.45) is 7.05 Å². The van der Waals surface area contributed by atoms with E-state index in [4.69, 9.17) is 5.11 Å². The van der Waals surface area contributed by atoms with Crippen molar-refractivity contribution in [3.05, 3.63) is 29.8 Å². The van der Waals surface area contributed by atoms with Crippen molar-refractivity contribution in [3.63, 3.8) is 0 Å². The third-order valence-electron chi connectivity index (χ3n) is 2.24. The summed E-state index contributed by atoms with van der Waals surface area (Å²) in [4.78, 5) is 14.6. The normalized spacial score (nSPS) is 10.8. The number of aromatic nitrogens is 2. The molecule has 0 atom stereocenters. The van der Waals surface area contributed by atoms with Crippen LogP contribution in [0, 0.1) is 5.82 Å². The second kappa shape index (κ2) is 3.34. The number of benzene rings is 1. The first-order valence-electron chi connectivity index (χ1n) is 4.40. The van der Waals surface area contributed by atoms with E-state index in [-0.39, 0.29) is 12.2 Å². The zero-order valence-electron chi connectivity index (χ0n) is 8.07. The molecule has 78 valence electrons. The van der Waals surface area contributed by atoms with Crippen molar-refractivity contribution < 1.29 is 14.3 Å². The van der Waals surface area contributed by atoms with E-state index in [0.29, 0.717) is 16.9 Å². The Balaban J connectivity index is 2.59. The summed E-state index contributed by atoms with van der Waals surface area (Å²) in [5.74, 6) is -0.885. The molecule has 1 aromatic heterocycles. The van der Waals surface area contributed by atoms with Gasteiger partial charge in [-0.1, -0.05) is 0 Å². The van der Waals surface area contributed by atoms with Crippen molar-refractivity contribution in [2.45, 2.75) is 6.42 Å². The fourth-order valence-electron chi connectivity index (χ4n) is 1.51. The molecular formula is C10H9FN2O2. The predicted octanol–water partition coefficient (Wildman–Crippen LogP) is 1.34. The van der Waals surface area contributed by atoms with E-state index in [9.17, 15) is 9.18 Å². The minimum Gasteiger partial charge on any atom is -0.481 e. The Hall–Kier alpha value is -1.91. The summed E-state index contributed by atoms with van der Waals surface area (Å²) in [6.07, 6.45) is -0.160. The number of aliphatic carboxylic acids is 1. The SMILES string of the molecule is Cn1c(CC(=O)O)nc2ccc(F)cc21. The van der Waals surface area contributed by atoms with E-state index in [1.165, 1.54) is 18.2 Å². The number of carboxylic acid groups (broad SMARTS) is 1. The number of hydrogen-bond donors (Lipinski definition) is 1. The molecule has 4 nitrogen and oxygen atoms in total. The van der Waals surface area contributed by atoms with Crippen LogP contribution in [-0.2, 0) is 18.3 Å². The van der Waals surface area contributed by atoms with Crippen LogP contribution in [0.3, 0.4) is 0 Å². The van der Waals surface area contributed by atoms with Crippen LogP contribution in [0.5, 0.6) is 0 Å². The Bertz CT molecular complexity index is 533. The lowest BCUT2D eigenvalue weighted by Crippen LogP contribution is -2.06. The average Bonchev–Trinajstić information content (AvgIpc) is 2.44. The van der Waals surface area contributed by atoms with Crippen molar-refractivity contribution in [3.8, 4) is 0 Å². The second-order valence-electron chi connectivity index (χ2n) is 3.29. The molecule has 0 aliphatic carbocycles. The number of aryl methyl sites for hydroxylation is 1. The van der Waals surface area contributed by atoms with Gasteiger partial charge in [0.25, 0.3) is 0 Å². The molecule has 1 heterocycles. The topological polar surface area (TPSA) is 55.1 Å². The highest BCUT2D eigenvalue weighted by atomic mass is 19.1. The monoisotopic (exact) mass is 208 g/mol. The standard InChI is InChI=1S/C10H9FN2O2/c1-13-8-4-6(11)2-3-7(8)12-9(13)5-10(14)15/h2-4H,5H2,1H3,(H,14,15). The summed E-state index contributed by atoms with van der Waals surface area (Å²) < 4.78 is 14.5. The molecule has 0 unspecified atom stereocenters. The number of imidazole rings is 1. The van der Waals surface area contributed by atoms with E-state index in [2.05, 4.69) is 4.98 Å². The molecule has 0 fully saturated rings. The number of halogens is 1. The van der Waals surface area contributed by atoms with E-state index in [1.807, 2.05) is 0 Å². The van der Waals surface area contributed by atoms with Gasteiger partial charge < -0.3 is 9.67 Å². The molecular weight excluding hydrogens is 199 g/mol. The van der Waals surface area contributed by atoms with Gasteiger partial charge in [-0.3, -0.25) is 4.79 Å². The van der Waals surface area contributed by atoms with Gasteiger partial charge in [0.05, 0.1) is 11.0 Å². The summed E-state index contributed by atoms with van der Waals surface area (Å²) in [6, 6.07) is 4.18. The molecule has 5 heteroatoms. The first kappa shape index (κ1) is 9.64. The Kier molecular flexibility index (Phi) is 2.15. The average molecular weight is 208 g/mol. The van der Waals surface area contributed by atoms with Crippen molar-refractivity contribution in [1.29, 1.82) is 0 Å². The second-order valence-corrected chi connectivity index (χ2v) is 3.29. The van der Waals surface area contributed by atoms with Gasteiger partial charge in [-0.15, -0.1) is 0 Å². The number of nitrogens with zero attached hydrogens (tertiary/aromatic N) is 2. The molecule has 0 bridgehead atoms. The Morgan fingerprint density at radius 2 is 2.33 bits per heavy atom. The number of carboxylic acids is 1. The molecule has 0 aliphatic heterocycles. The third kappa shape index (κ3) is 1.68. The molecule has 0 radical (unpaired) electrons. The maximum atomic E-state index is 12.9. The largest absolute Gasteiger partial charge is 0.481 e. The Labute approximate surface area is 85.0 Å². The van der Waals surface area contributed by atoms with Crippen LogP contribution in [-0.4, -0.2) is 20.6 Å². The van der Waals surface area contributed by atoms with Gasteiger partial charge in [-0.2, -0.15) is 0 Å². The third-order valence-corrected chi connectivity index (χ3v) is 2.24. The zero-order valence-corrected chi connectivity index (χ0v) is 8.07. The van der Waals surface area contributed by atoms with Gasteiger partial charge in [0.1, 0.15) is 18.1 Å². The summed E-state index contributed by atoms with van der Waals surface area (Å²) in [5, 5.41) is 8.64. The first-order valence-corrected chi connectivity index (χ1v) is 4.40. The number of carbonyl (C=O) groups is 1. The van der Waals surface area contributed by atoms with E-state index in [1.54, 1.807) is 11.6 Å². The zero-order chi connectivity index (χ0) is 11.0. The van der Waals surface area contributed by atoms with Gasteiger partial charge in [0.15, 0.2) is 0 Å². The van der Waals surface area contributed by atoms with Crippen molar-refractivity contribution >= 4 is 17.0 Å². The highest BCUT2D eigenvalue weighted by Gasteiger charge is 2.11. The minimum absolute atomic E-state index is 0.160. The van der Waals surface area contributed by atoms with Gasteiger partial charge >= 0.3 is 5.97 Å². The van der Waals surface area contributed by atoms with E-state index < -0.39 is 5.97 Å². The van der Waals surface area contributed by atoms with Crippen LogP contribution in [0.25, 0.3) is 11.0 Å². The first-order chi connectivity index (χ1) is 7.08. The maximum Gasteiger partial charge on any atom is 0.311 e. The summed E-state index contributed by atoms with van der Waals surface area (Å²) in [7, 11) is 1.67. The van der Waals surface area contributed by atoms with Gasteiger partial charge in [-0.05, 0) is 18.2 Å². The van der Waals surface area contributed by atoms with Crippen LogP contribution in [0.15, 0.2) is 18.2 Å². The molecule has 1 aromatic carbocycles. The molecule has 15 heavy (non-hydrogen) atoms. The molecule has 0 spiro atoms. The lowest BCUT2D eigenvalue weighted by atomic mass is 10.3. The smallest absolute Gasteiger partial charge is 0.311 e. The number of rotatable bonds is 2. The molecule has 2 rings (SSSR count). The number of fused-ring (bicyclic) bond motifs is 1. The van der Waals surface area contributed by atoms with E-state index in [0.717, 1.165) is 0 Å². The summed E-state index contributed by atoms with van der Waals surface area (Å²) >= 11 is 0. The van der Waals surface area contributed by atoms with Gasteiger partial charge in [-0.25, -0.2) is 9.37 Å². The number of hydrogen-bond acceptors (Lipinski definition) is 2. The maximum absolute atomic E-state index is 12.9. The quantitative estimate of drug-likeness (QED) is 0.810. The van der Waals surface area contributed by atoms with Crippen LogP contribution >= 0.6 is 0 Å². The highest BCUT2D eigenvalue weighted by molar-refractivity contribution is 5.78. The molecule has 2 aromatic rings. The lowest BCUT2D eigenvalue weighted by Gasteiger charge is -1.98. The van der Waals surface area contributed by atoms with Gasteiger partial charge in [0, 0.05) is 7.05 Å². The van der Waals surface area contributed by atoms with Gasteiger partial charge in [0.2, 0.25) is 0 Å². The predicted molar refractivity (Wildman–Crippen MR) is 52.0 cm³/mol. The molecule has 0 saturated heterocycles. The van der Waals surface area contributed by atoms with Crippen LogP contribution in [0.1, 0.15) is 5.82 Å². The minimum atomic E-state index is -0.950. The van der Waals surface area contributed by atoms with Crippen molar-refractivity contribution in [1.82, 2.24) is 9.55 Å². The van der Waals surface area contributed by atoms with Crippen molar-refractivity contribution in [2.75, 3.05) is 0 Å². The van der Waals surface area contributed by atoms with Crippen LogP contribution in [0.4, 0.5) is 4.39 Å². The molecule has 0 amide bonds. The molecule has 0 saturated carbocycles. The van der Waals surface area contributed by atoms with Crippen LogP contribution in [0.2, 0.25) is 0 Å². The molecule has 1 N–H and O–H groups in total. The summed E-state index contributed by atoms with van der Waals surface area (Å²) in [6.45, 7) is 0. The fourth-order valence-corrected chi connectivity index (χ4v) is 1.51. The highest BCUT2D eigenvalue weighted by Crippen LogP contribution is 2.16. The van der Waals surface area contributed by atoms with Crippen LogP contribution < -0.4 is 0 Å².